The van der Waals surface area contributed by atoms with E-state index in [1.807, 2.05) is 30.7 Å². The summed E-state index contributed by atoms with van der Waals surface area (Å²) in [6, 6.07) is 1.77. The summed E-state index contributed by atoms with van der Waals surface area (Å²) >= 11 is 3.02. The Morgan fingerprint density at radius 3 is 3.00 bits per heavy atom. The minimum absolute atomic E-state index is 0.143. The monoisotopic (exact) mass is 319 g/mol. The average Bonchev–Trinajstić information content (AvgIpc) is 3.20. The molecule has 1 atom stereocenters. The van der Waals surface area contributed by atoms with Crippen LogP contribution in [0.1, 0.15) is 34.2 Å². The Morgan fingerprint density at radius 1 is 1.48 bits per heavy atom. The van der Waals surface area contributed by atoms with Gasteiger partial charge in [-0.3, -0.25) is 9.89 Å². The van der Waals surface area contributed by atoms with Gasteiger partial charge in [0.25, 0.3) is 5.91 Å². The highest BCUT2D eigenvalue weighted by Crippen LogP contribution is 2.29. The van der Waals surface area contributed by atoms with Gasteiger partial charge in [-0.05, 0) is 25.3 Å². The quantitative estimate of drug-likeness (QED) is 0.774. The zero-order valence-corrected chi connectivity index (χ0v) is 13.1. The normalized spacial score (nSPS) is 12.3. The molecule has 0 fully saturated rings. The van der Waals surface area contributed by atoms with Crippen LogP contribution in [0.2, 0.25) is 0 Å². The van der Waals surface area contributed by atoms with Gasteiger partial charge in [0.2, 0.25) is 0 Å². The van der Waals surface area contributed by atoms with E-state index < -0.39 is 0 Å². The predicted octanol–water partition coefficient (Wildman–Crippen LogP) is 2.79. The predicted molar refractivity (Wildman–Crippen MR) is 82.4 cm³/mol. The molecule has 8 heteroatoms. The fraction of sp³-hybridized carbons (Fsp3) is 0.231. The van der Waals surface area contributed by atoms with Crippen molar-refractivity contribution in [1.82, 2.24) is 25.5 Å². The van der Waals surface area contributed by atoms with Crippen LogP contribution in [0, 0.1) is 6.92 Å². The van der Waals surface area contributed by atoms with Gasteiger partial charge in [0.15, 0.2) is 0 Å². The van der Waals surface area contributed by atoms with Gasteiger partial charge in [0, 0.05) is 10.9 Å². The minimum Gasteiger partial charge on any atom is -0.342 e. The number of hydrogen-bond acceptors (Lipinski definition) is 6. The first kappa shape index (κ1) is 13.9. The molecule has 0 saturated carbocycles. The number of H-pyrrole nitrogens is 1. The molecule has 0 radical (unpaired) electrons. The maximum absolute atomic E-state index is 12.4. The number of hydrogen-bond donors (Lipinski definition) is 2. The summed E-state index contributed by atoms with van der Waals surface area (Å²) in [5.74, 6) is 0.485. The highest BCUT2D eigenvalue weighted by molar-refractivity contribution is 7.17. The van der Waals surface area contributed by atoms with Gasteiger partial charge in [0.05, 0.1) is 11.7 Å². The van der Waals surface area contributed by atoms with Crippen molar-refractivity contribution in [3.8, 4) is 10.6 Å². The summed E-state index contributed by atoms with van der Waals surface area (Å²) in [7, 11) is 0. The minimum atomic E-state index is -0.230. The first-order valence-corrected chi connectivity index (χ1v) is 8.07. The largest absolute Gasteiger partial charge is 0.342 e. The third kappa shape index (κ3) is 2.86. The number of nitrogens with one attached hydrogen (secondary N) is 2. The molecule has 21 heavy (non-hydrogen) atoms. The molecule has 0 aliphatic heterocycles. The Hall–Kier alpha value is -2.06. The Kier molecular flexibility index (Phi) is 3.80. The highest BCUT2D eigenvalue weighted by Gasteiger charge is 2.19. The number of thiophene rings is 1. The zero-order chi connectivity index (χ0) is 14.8. The molecule has 6 nitrogen and oxygen atoms in total. The first-order chi connectivity index (χ1) is 10.1. The number of carbonyl (C=O) groups excluding carboxylic acids is 1. The summed E-state index contributed by atoms with van der Waals surface area (Å²) in [5, 5.41) is 14.3. The lowest BCUT2D eigenvalue weighted by molar-refractivity contribution is 0.0941. The van der Waals surface area contributed by atoms with E-state index in [0.717, 1.165) is 16.3 Å². The number of aromatic amines is 1. The van der Waals surface area contributed by atoms with Crippen molar-refractivity contribution in [3.63, 3.8) is 0 Å². The maximum atomic E-state index is 12.4. The molecule has 0 aliphatic carbocycles. The second kappa shape index (κ2) is 5.74. The number of aromatic nitrogens is 4. The van der Waals surface area contributed by atoms with Gasteiger partial charge < -0.3 is 5.32 Å². The SMILES string of the molecule is Cc1nc(-c2ccsc2)sc1C(=O)NC(C)c1ncn[nH]1. The molecule has 3 rings (SSSR count). The van der Waals surface area contributed by atoms with Crippen LogP contribution >= 0.6 is 22.7 Å². The standard InChI is InChI=1S/C13H13N5OS2/c1-7-10(21-13(17-7)9-3-4-20-5-9)12(19)16-8(2)11-14-6-15-18-11/h3-6,8H,1-2H3,(H,16,19)(H,14,15,18). The summed E-state index contributed by atoms with van der Waals surface area (Å²) in [5.41, 5.74) is 1.79. The van der Waals surface area contributed by atoms with Gasteiger partial charge in [-0.1, -0.05) is 0 Å². The average molecular weight is 319 g/mol. The van der Waals surface area contributed by atoms with E-state index in [9.17, 15) is 4.79 Å². The summed E-state index contributed by atoms with van der Waals surface area (Å²) in [6.45, 7) is 3.70. The Balaban J connectivity index is 1.79. The van der Waals surface area contributed by atoms with Crippen LogP contribution in [0.4, 0.5) is 0 Å². The van der Waals surface area contributed by atoms with Crippen molar-refractivity contribution < 1.29 is 4.79 Å². The molecular weight excluding hydrogens is 306 g/mol. The van der Waals surface area contributed by atoms with Gasteiger partial charge in [-0.15, -0.1) is 11.3 Å². The van der Waals surface area contributed by atoms with Crippen LogP contribution in [0.3, 0.4) is 0 Å². The topological polar surface area (TPSA) is 83.6 Å². The van der Waals surface area contributed by atoms with Crippen molar-refractivity contribution >= 4 is 28.6 Å². The van der Waals surface area contributed by atoms with E-state index in [2.05, 4.69) is 25.5 Å². The van der Waals surface area contributed by atoms with Gasteiger partial charge in [-0.25, -0.2) is 9.97 Å². The molecule has 108 valence electrons. The van der Waals surface area contributed by atoms with Crippen LogP contribution in [0.25, 0.3) is 10.6 Å². The second-order valence-electron chi connectivity index (χ2n) is 4.51. The maximum Gasteiger partial charge on any atom is 0.263 e. The molecule has 3 heterocycles. The molecule has 1 amide bonds. The van der Waals surface area contributed by atoms with E-state index in [1.165, 1.54) is 17.7 Å². The van der Waals surface area contributed by atoms with Crippen molar-refractivity contribution in [2.45, 2.75) is 19.9 Å². The van der Waals surface area contributed by atoms with E-state index in [4.69, 9.17) is 0 Å². The molecule has 0 aliphatic rings. The molecule has 0 aromatic carbocycles. The third-order valence-electron chi connectivity index (χ3n) is 2.96. The number of amides is 1. The lowest BCUT2D eigenvalue weighted by Crippen LogP contribution is -2.27. The van der Waals surface area contributed by atoms with Gasteiger partial charge in [0.1, 0.15) is 22.0 Å². The van der Waals surface area contributed by atoms with Gasteiger partial charge in [-0.2, -0.15) is 16.4 Å². The fourth-order valence-electron chi connectivity index (χ4n) is 1.87. The summed E-state index contributed by atoms with van der Waals surface area (Å²) in [6.07, 6.45) is 1.42. The number of aryl methyl sites for hydroxylation is 1. The molecular formula is C13H13N5OS2. The van der Waals surface area contributed by atoms with Gasteiger partial charge >= 0.3 is 0 Å². The summed E-state index contributed by atoms with van der Waals surface area (Å²) < 4.78 is 0. The van der Waals surface area contributed by atoms with E-state index in [0.29, 0.717) is 10.7 Å². The molecule has 2 N–H and O–H groups in total. The van der Waals surface area contributed by atoms with Crippen molar-refractivity contribution in [3.05, 3.63) is 39.5 Å². The van der Waals surface area contributed by atoms with E-state index in [1.54, 1.807) is 11.3 Å². The van der Waals surface area contributed by atoms with Crippen LogP contribution in [-0.4, -0.2) is 26.1 Å². The van der Waals surface area contributed by atoms with Crippen LogP contribution in [0.5, 0.6) is 0 Å². The third-order valence-corrected chi connectivity index (χ3v) is 4.85. The lowest BCUT2D eigenvalue weighted by atomic mass is 10.3. The first-order valence-electron chi connectivity index (χ1n) is 6.31. The lowest BCUT2D eigenvalue weighted by Gasteiger charge is -2.09. The second-order valence-corrected chi connectivity index (χ2v) is 6.29. The highest BCUT2D eigenvalue weighted by atomic mass is 32.1. The smallest absolute Gasteiger partial charge is 0.263 e. The molecule has 0 saturated heterocycles. The molecule has 1 unspecified atom stereocenters. The summed E-state index contributed by atoms with van der Waals surface area (Å²) in [4.78, 5) is 21.5. The Morgan fingerprint density at radius 2 is 2.33 bits per heavy atom. The fourth-order valence-corrected chi connectivity index (χ4v) is 3.55. The number of carbonyl (C=O) groups is 1. The molecule has 0 bridgehead atoms. The van der Waals surface area contributed by atoms with Crippen LogP contribution in [0.15, 0.2) is 23.2 Å². The van der Waals surface area contributed by atoms with Crippen LogP contribution in [-0.2, 0) is 0 Å². The molecule has 3 aromatic heterocycles. The zero-order valence-electron chi connectivity index (χ0n) is 11.5. The molecule has 3 aromatic rings. The van der Waals surface area contributed by atoms with E-state index >= 15 is 0 Å². The number of rotatable bonds is 4. The number of nitrogens with zero attached hydrogens (tertiary/aromatic N) is 3. The Bertz CT molecular complexity index is 733. The number of thiazole rings is 1. The Labute approximate surface area is 129 Å². The van der Waals surface area contributed by atoms with E-state index in [-0.39, 0.29) is 11.9 Å². The van der Waals surface area contributed by atoms with Crippen molar-refractivity contribution in [1.29, 1.82) is 0 Å². The van der Waals surface area contributed by atoms with Crippen LogP contribution < -0.4 is 5.32 Å². The molecule has 0 spiro atoms. The van der Waals surface area contributed by atoms with Crippen molar-refractivity contribution in [2.75, 3.05) is 0 Å². The van der Waals surface area contributed by atoms with Crippen molar-refractivity contribution in [2.24, 2.45) is 0 Å².